The molecule has 2 aromatic carbocycles. The zero-order chi connectivity index (χ0) is 23.3. The van der Waals surface area contributed by atoms with Gasteiger partial charge in [0.05, 0.1) is 0 Å². The highest BCUT2D eigenvalue weighted by Gasteiger charge is 2.28. The first-order chi connectivity index (χ1) is 16.7. The van der Waals surface area contributed by atoms with Crippen molar-refractivity contribution in [1.82, 2.24) is 14.8 Å². The molecule has 2 aliphatic heterocycles. The summed E-state index contributed by atoms with van der Waals surface area (Å²) in [5.74, 6) is 1.04. The molecule has 176 valence electrons. The molecule has 5 rings (SSSR count). The van der Waals surface area contributed by atoms with Gasteiger partial charge in [-0.1, -0.05) is 42.5 Å². The first kappa shape index (κ1) is 22.4. The number of hydrogen-bond donors (Lipinski definition) is 1. The van der Waals surface area contributed by atoms with Crippen molar-refractivity contribution in [2.45, 2.75) is 38.3 Å². The van der Waals surface area contributed by atoms with Gasteiger partial charge in [-0.25, -0.2) is 4.98 Å². The second kappa shape index (κ2) is 10.3. The van der Waals surface area contributed by atoms with Crippen molar-refractivity contribution in [2.75, 3.05) is 31.9 Å². The number of hydrogen-bond acceptors (Lipinski definition) is 5. The molecular formula is C28H32N4O2. The average molecular weight is 457 g/mol. The lowest BCUT2D eigenvalue weighted by Gasteiger charge is -2.36. The van der Waals surface area contributed by atoms with E-state index in [-0.39, 0.29) is 5.91 Å². The minimum Gasteiger partial charge on any atom is -0.485 e. The standard InChI is InChI=1S/C28H32N4O2/c29-27-26(34-20-21-6-2-1-3-7-21)18-24(19-30-27)22-8-10-23(11-9-22)28(33)32-16-12-25(13-17-32)31-14-4-5-15-31/h1-3,6-11,18-19,25H,4-5,12-17,20H2,(H2,29,30). The fourth-order valence-corrected chi connectivity index (χ4v) is 4.99. The van der Waals surface area contributed by atoms with Gasteiger partial charge in [-0.3, -0.25) is 4.79 Å². The molecule has 1 aromatic heterocycles. The minimum atomic E-state index is 0.119. The Hall–Kier alpha value is -3.38. The summed E-state index contributed by atoms with van der Waals surface area (Å²) >= 11 is 0. The fourth-order valence-electron chi connectivity index (χ4n) is 4.99. The number of aromatic nitrogens is 1. The summed E-state index contributed by atoms with van der Waals surface area (Å²) in [5, 5.41) is 0. The van der Waals surface area contributed by atoms with Crippen molar-refractivity contribution in [2.24, 2.45) is 0 Å². The van der Waals surface area contributed by atoms with Crippen LogP contribution in [-0.2, 0) is 6.61 Å². The third-order valence-corrected chi connectivity index (χ3v) is 6.99. The molecule has 0 radical (unpaired) electrons. The topological polar surface area (TPSA) is 71.7 Å². The number of likely N-dealkylation sites (tertiary alicyclic amines) is 2. The number of carbonyl (C=O) groups excluding carboxylic acids is 1. The molecule has 0 aliphatic carbocycles. The highest BCUT2D eigenvalue weighted by Crippen LogP contribution is 2.28. The Morgan fingerprint density at radius 3 is 2.35 bits per heavy atom. The number of piperidine rings is 1. The van der Waals surface area contributed by atoms with E-state index in [1.807, 2.05) is 65.6 Å². The van der Waals surface area contributed by atoms with Crippen molar-refractivity contribution in [3.8, 4) is 16.9 Å². The van der Waals surface area contributed by atoms with Crippen LogP contribution in [-0.4, -0.2) is 52.9 Å². The third kappa shape index (κ3) is 5.07. The van der Waals surface area contributed by atoms with E-state index in [0.717, 1.165) is 48.2 Å². The first-order valence-electron chi connectivity index (χ1n) is 12.2. The van der Waals surface area contributed by atoms with Crippen LogP contribution in [0.2, 0.25) is 0 Å². The van der Waals surface area contributed by atoms with Crippen LogP contribution in [0.4, 0.5) is 5.82 Å². The number of pyridine rings is 1. The van der Waals surface area contributed by atoms with E-state index in [2.05, 4.69) is 9.88 Å². The zero-order valence-electron chi connectivity index (χ0n) is 19.5. The van der Waals surface area contributed by atoms with Gasteiger partial charge >= 0.3 is 0 Å². The molecule has 0 bridgehead atoms. The van der Waals surface area contributed by atoms with Crippen LogP contribution in [0.1, 0.15) is 41.6 Å². The van der Waals surface area contributed by atoms with Crippen LogP contribution in [0.15, 0.2) is 66.9 Å². The van der Waals surface area contributed by atoms with E-state index in [0.29, 0.717) is 24.2 Å². The maximum atomic E-state index is 13.1. The lowest BCUT2D eigenvalue weighted by molar-refractivity contribution is 0.0644. The van der Waals surface area contributed by atoms with Gasteiger partial charge in [0.1, 0.15) is 6.61 Å². The van der Waals surface area contributed by atoms with Gasteiger partial charge in [-0.2, -0.15) is 0 Å². The van der Waals surface area contributed by atoms with Gasteiger partial charge in [0.25, 0.3) is 5.91 Å². The van der Waals surface area contributed by atoms with Gasteiger partial charge in [0.2, 0.25) is 0 Å². The average Bonchev–Trinajstić information content (AvgIpc) is 3.44. The number of benzene rings is 2. The number of carbonyl (C=O) groups is 1. The molecule has 3 aromatic rings. The molecule has 6 heteroatoms. The molecule has 2 aliphatic rings. The van der Waals surface area contributed by atoms with Crippen molar-refractivity contribution >= 4 is 11.7 Å². The number of anilines is 1. The van der Waals surface area contributed by atoms with Crippen LogP contribution >= 0.6 is 0 Å². The first-order valence-corrected chi connectivity index (χ1v) is 12.2. The monoisotopic (exact) mass is 456 g/mol. The van der Waals surface area contributed by atoms with Crippen LogP contribution in [0.25, 0.3) is 11.1 Å². The second-order valence-electron chi connectivity index (χ2n) is 9.23. The summed E-state index contributed by atoms with van der Waals surface area (Å²) in [6, 6.07) is 20.3. The second-order valence-corrected chi connectivity index (χ2v) is 9.23. The number of nitrogens with zero attached hydrogens (tertiary/aromatic N) is 3. The van der Waals surface area contributed by atoms with Crippen LogP contribution in [0.5, 0.6) is 5.75 Å². The number of rotatable bonds is 6. The SMILES string of the molecule is Nc1ncc(-c2ccc(C(=O)N3CCC(N4CCCC4)CC3)cc2)cc1OCc1ccccc1. The van der Waals surface area contributed by atoms with Crippen LogP contribution in [0.3, 0.4) is 0 Å². The number of ether oxygens (including phenoxy) is 1. The van der Waals surface area contributed by atoms with E-state index in [1.54, 1.807) is 6.20 Å². The normalized spacial score (nSPS) is 17.1. The molecule has 0 spiro atoms. The summed E-state index contributed by atoms with van der Waals surface area (Å²) < 4.78 is 5.92. The molecule has 2 N–H and O–H groups in total. The Balaban J connectivity index is 1.22. The van der Waals surface area contributed by atoms with E-state index in [9.17, 15) is 4.79 Å². The molecule has 0 unspecified atom stereocenters. The Kier molecular flexibility index (Phi) is 6.77. The molecule has 0 atom stereocenters. The molecule has 2 saturated heterocycles. The van der Waals surface area contributed by atoms with Gasteiger partial charge in [-0.05, 0) is 68.1 Å². The summed E-state index contributed by atoms with van der Waals surface area (Å²) in [5.41, 5.74) is 9.72. The molecule has 6 nitrogen and oxygen atoms in total. The molecule has 2 fully saturated rings. The fraction of sp³-hybridized carbons (Fsp3) is 0.357. The van der Waals surface area contributed by atoms with Crippen LogP contribution < -0.4 is 10.5 Å². The number of nitrogen functional groups attached to an aromatic ring is 1. The Labute approximate surface area is 201 Å². The molecule has 0 saturated carbocycles. The zero-order valence-corrected chi connectivity index (χ0v) is 19.5. The molecular weight excluding hydrogens is 424 g/mol. The number of amides is 1. The molecule has 1 amide bonds. The van der Waals surface area contributed by atoms with Gasteiger partial charge in [0.15, 0.2) is 11.6 Å². The summed E-state index contributed by atoms with van der Waals surface area (Å²) in [4.78, 5) is 22.0. The largest absolute Gasteiger partial charge is 0.485 e. The van der Waals surface area contributed by atoms with Crippen molar-refractivity contribution in [3.05, 3.63) is 78.0 Å². The van der Waals surface area contributed by atoms with E-state index in [1.165, 1.54) is 25.9 Å². The van der Waals surface area contributed by atoms with E-state index < -0.39 is 0 Å². The van der Waals surface area contributed by atoms with Gasteiger partial charge in [0, 0.05) is 36.5 Å². The van der Waals surface area contributed by atoms with Crippen molar-refractivity contribution in [3.63, 3.8) is 0 Å². The van der Waals surface area contributed by atoms with E-state index >= 15 is 0 Å². The highest BCUT2D eigenvalue weighted by molar-refractivity contribution is 5.94. The predicted molar refractivity (Wildman–Crippen MR) is 135 cm³/mol. The number of nitrogens with two attached hydrogens (primary N) is 1. The van der Waals surface area contributed by atoms with Gasteiger partial charge in [-0.15, -0.1) is 0 Å². The lowest BCUT2D eigenvalue weighted by Crippen LogP contribution is -2.45. The van der Waals surface area contributed by atoms with E-state index in [4.69, 9.17) is 10.5 Å². The molecule has 3 heterocycles. The predicted octanol–water partition coefficient (Wildman–Crippen LogP) is 4.61. The maximum absolute atomic E-state index is 13.1. The lowest BCUT2D eigenvalue weighted by atomic mass is 10.0. The summed E-state index contributed by atoms with van der Waals surface area (Å²) in [6.07, 6.45) is 6.52. The minimum absolute atomic E-state index is 0.119. The Bertz CT molecular complexity index is 1100. The smallest absolute Gasteiger partial charge is 0.253 e. The Morgan fingerprint density at radius 2 is 1.65 bits per heavy atom. The van der Waals surface area contributed by atoms with Crippen molar-refractivity contribution < 1.29 is 9.53 Å². The Morgan fingerprint density at radius 1 is 0.941 bits per heavy atom. The highest BCUT2D eigenvalue weighted by atomic mass is 16.5. The summed E-state index contributed by atoms with van der Waals surface area (Å²) in [7, 11) is 0. The maximum Gasteiger partial charge on any atom is 0.253 e. The summed E-state index contributed by atoms with van der Waals surface area (Å²) in [6.45, 7) is 4.55. The quantitative estimate of drug-likeness (QED) is 0.586. The van der Waals surface area contributed by atoms with Crippen LogP contribution in [0, 0.1) is 0 Å². The molecule has 34 heavy (non-hydrogen) atoms. The van der Waals surface area contributed by atoms with Gasteiger partial charge < -0.3 is 20.3 Å². The third-order valence-electron chi connectivity index (χ3n) is 6.99. The van der Waals surface area contributed by atoms with Crippen molar-refractivity contribution in [1.29, 1.82) is 0 Å².